The summed E-state index contributed by atoms with van der Waals surface area (Å²) in [6.07, 6.45) is 0. The topological polar surface area (TPSA) is 84.5 Å². The van der Waals surface area contributed by atoms with E-state index in [4.69, 9.17) is 16.3 Å². The summed E-state index contributed by atoms with van der Waals surface area (Å²) in [6.45, 7) is 5.37. The van der Waals surface area contributed by atoms with Crippen LogP contribution in [0.3, 0.4) is 0 Å². The van der Waals surface area contributed by atoms with Crippen LogP contribution in [0.4, 0.5) is 10.1 Å². The van der Waals surface area contributed by atoms with Crippen LogP contribution in [0.1, 0.15) is 31.1 Å². The molecule has 0 atom stereocenters. The minimum absolute atomic E-state index is 0.100. The van der Waals surface area contributed by atoms with Crippen molar-refractivity contribution in [1.29, 1.82) is 0 Å². The quantitative estimate of drug-likeness (QED) is 0.721. The van der Waals surface area contributed by atoms with Crippen molar-refractivity contribution in [3.8, 4) is 5.75 Å². The molecule has 146 valence electrons. The lowest BCUT2D eigenvalue weighted by Crippen LogP contribution is -2.30. The number of hydrogen-bond donors (Lipinski definition) is 2. The normalized spacial score (nSPS) is 11.5. The molecule has 0 aliphatic heterocycles. The molecule has 2 aromatic rings. The Bertz CT molecular complexity index is 948. The maximum Gasteiger partial charge on any atom is 0.255 e. The number of ether oxygens (including phenoxy) is 1. The first-order valence-corrected chi connectivity index (χ1v) is 10.1. The molecule has 0 unspecified atom stereocenters. The van der Waals surface area contributed by atoms with Gasteiger partial charge in [0.15, 0.2) is 0 Å². The number of amides is 1. The molecule has 0 heterocycles. The molecule has 2 rings (SSSR count). The zero-order valence-corrected chi connectivity index (χ0v) is 16.6. The maximum atomic E-state index is 13.2. The van der Waals surface area contributed by atoms with Crippen LogP contribution in [-0.2, 0) is 10.0 Å². The lowest BCUT2D eigenvalue weighted by Gasteiger charge is -2.15. The first kappa shape index (κ1) is 21.1. The summed E-state index contributed by atoms with van der Waals surface area (Å²) in [5.41, 5.74) is 0.382. The summed E-state index contributed by atoms with van der Waals surface area (Å²) in [5, 5.41) is 2.42. The lowest BCUT2D eigenvalue weighted by molar-refractivity contribution is 0.102. The first-order chi connectivity index (χ1) is 12.6. The van der Waals surface area contributed by atoms with Crippen molar-refractivity contribution in [2.45, 2.75) is 31.7 Å². The van der Waals surface area contributed by atoms with Gasteiger partial charge in [-0.15, -0.1) is 0 Å². The molecule has 0 aliphatic carbocycles. The van der Waals surface area contributed by atoms with Gasteiger partial charge in [-0.3, -0.25) is 4.79 Å². The average Bonchev–Trinajstić information content (AvgIpc) is 2.57. The second-order valence-electron chi connectivity index (χ2n) is 5.95. The Morgan fingerprint density at radius 3 is 2.52 bits per heavy atom. The van der Waals surface area contributed by atoms with Crippen molar-refractivity contribution in [2.24, 2.45) is 0 Å². The second kappa shape index (κ2) is 8.69. The molecule has 0 radical (unpaired) electrons. The Hall–Kier alpha value is -2.16. The van der Waals surface area contributed by atoms with E-state index in [9.17, 15) is 17.6 Å². The molecule has 2 N–H and O–H groups in total. The van der Waals surface area contributed by atoms with Crippen molar-refractivity contribution in [3.05, 3.63) is 52.8 Å². The van der Waals surface area contributed by atoms with E-state index < -0.39 is 21.7 Å². The van der Waals surface area contributed by atoms with E-state index in [0.29, 0.717) is 0 Å². The molecule has 2 aromatic carbocycles. The van der Waals surface area contributed by atoms with Crippen LogP contribution in [0.2, 0.25) is 5.02 Å². The molecule has 0 saturated carbocycles. The fourth-order valence-electron chi connectivity index (χ4n) is 2.28. The Labute approximate surface area is 162 Å². The largest absolute Gasteiger partial charge is 0.492 e. The molecule has 6 nitrogen and oxygen atoms in total. The van der Waals surface area contributed by atoms with Crippen LogP contribution >= 0.6 is 11.6 Å². The fourth-order valence-corrected chi connectivity index (χ4v) is 3.89. The zero-order chi connectivity index (χ0) is 20.2. The highest BCUT2D eigenvalue weighted by Gasteiger charge is 2.23. The summed E-state index contributed by atoms with van der Waals surface area (Å²) >= 11 is 5.70. The Kier molecular flexibility index (Phi) is 6.80. The zero-order valence-electron chi connectivity index (χ0n) is 15.0. The van der Waals surface area contributed by atoms with Gasteiger partial charge in [-0.1, -0.05) is 11.6 Å². The predicted octanol–water partition coefficient (Wildman–Crippen LogP) is 3.82. The molecule has 0 saturated heterocycles. The highest BCUT2D eigenvalue weighted by molar-refractivity contribution is 7.89. The molecule has 27 heavy (non-hydrogen) atoms. The summed E-state index contributed by atoms with van der Waals surface area (Å²) < 4.78 is 46.2. The molecule has 0 fully saturated rings. The van der Waals surface area contributed by atoms with Gasteiger partial charge in [-0.25, -0.2) is 17.5 Å². The highest BCUT2D eigenvalue weighted by atomic mass is 35.5. The van der Waals surface area contributed by atoms with Crippen molar-refractivity contribution >= 4 is 33.2 Å². The third-order valence-corrected chi connectivity index (χ3v) is 5.33. The van der Waals surface area contributed by atoms with Crippen LogP contribution in [0.15, 0.2) is 41.3 Å². The van der Waals surface area contributed by atoms with Gasteiger partial charge >= 0.3 is 0 Å². The van der Waals surface area contributed by atoms with Gasteiger partial charge in [0.1, 0.15) is 16.5 Å². The summed E-state index contributed by atoms with van der Waals surface area (Å²) in [4.78, 5) is 12.3. The lowest BCUT2D eigenvalue weighted by atomic mass is 10.2. The number of carbonyl (C=O) groups excluding carboxylic acids is 1. The molecular formula is C18H20ClFN2O4S. The summed E-state index contributed by atoms with van der Waals surface area (Å²) in [6, 6.07) is 7.51. The molecule has 0 spiro atoms. The van der Waals surface area contributed by atoms with Crippen LogP contribution in [0.25, 0.3) is 0 Å². The number of anilines is 1. The second-order valence-corrected chi connectivity index (χ2v) is 8.04. The molecular weight excluding hydrogens is 395 g/mol. The molecule has 9 heteroatoms. The van der Waals surface area contributed by atoms with E-state index >= 15 is 0 Å². The SMILES string of the molecule is CCOc1ccc(C(=O)Nc2ccc(F)c(Cl)c2)cc1S(=O)(=O)NC(C)C. The Morgan fingerprint density at radius 2 is 1.93 bits per heavy atom. The number of hydrogen-bond acceptors (Lipinski definition) is 4. The maximum absolute atomic E-state index is 13.2. The third kappa shape index (κ3) is 5.41. The fraction of sp³-hybridized carbons (Fsp3) is 0.278. The number of benzene rings is 2. The van der Waals surface area contributed by atoms with E-state index in [1.54, 1.807) is 20.8 Å². The minimum Gasteiger partial charge on any atom is -0.492 e. The monoisotopic (exact) mass is 414 g/mol. The Balaban J connectivity index is 2.38. The van der Waals surface area contributed by atoms with E-state index in [-0.39, 0.29) is 39.6 Å². The van der Waals surface area contributed by atoms with E-state index in [0.717, 1.165) is 6.07 Å². The van der Waals surface area contributed by atoms with Crippen molar-refractivity contribution in [3.63, 3.8) is 0 Å². The number of nitrogens with one attached hydrogen (secondary N) is 2. The van der Waals surface area contributed by atoms with Crippen LogP contribution in [0.5, 0.6) is 5.75 Å². The summed E-state index contributed by atoms with van der Waals surface area (Å²) in [5.74, 6) is -1.03. The standard InChI is InChI=1S/C18H20ClFN2O4S/c1-4-26-16-8-5-12(9-17(16)27(24,25)22-11(2)3)18(23)21-13-6-7-15(20)14(19)10-13/h5-11,22H,4H2,1-3H3,(H,21,23). The van der Waals surface area contributed by atoms with Crippen molar-refractivity contribution < 1.29 is 22.3 Å². The first-order valence-electron chi connectivity index (χ1n) is 8.19. The molecule has 0 bridgehead atoms. The van der Waals surface area contributed by atoms with Crippen molar-refractivity contribution in [2.75, 3.05) is 11.9 Å². The van der Waals surface area contributed by atoms with Gasteiger partial charge in [-0.2, -0.15) is 0 Å². The predicted molar refractivity (Wildman–Crippen MR) is 102 cm³/mol. The van der Waals surface area contributed by atoms with Gasteiger partial charge in [0.2, 0.25) is 10.0 Å². The van der Waals surface area contributed by atoms with Gasteiger partial charge in [0.05, 0.1) is 11.6 Å². The van der Waals surface area contributed by atoms with Crippen LogP contribution in [0, 0.1) is 5.82 Å². The third-order valence-electron chi connectivity index (χ3n) is 3.36. The number of rotatable bonds is 7. The number of sulfonamides is 1. The van der Waals surface area contributed by atoms with Gasteiger partial charge in [0, 0.05) is 17.3 Å². The van der Waals surface area contributed by atoms with Gasteiger partial charge in [-0.05, 0) is 57.2 Å². The number of halogens is 2. The highest BCUT2D eigenvalue weighted by Crippen LogP contribution is 2.26. The minimum atomic E-state index is -3.88. The van der Waals surface area contributed by atoms with Crippen LogP contribution in [-0.4, -0.2) is 27.0 Å². The van der Waals surface area contributed by atoms with E-state index in [1.165, 1.54) is 30.3 Å². The smallest absolute Gasteiger partial charge is 0.255 e. The van der Waals surface area contributed by atoms with Gasteiger partial charge < -0.3 is 10.1 Å². The van der Waals surface area contributed by atoms with Crippen molar-refractivity contribution in [1.82, 2.24) is 4.72 Å². The van der Waals surface area contributed by atoms with E-state index in [2.05, 4.69) is 10.0 Å². The molecule has 0 aliphatic rings. The van der Waals surface area contributed by atoms with Crippen LogP contribution < -0.4 is 14.8 Å². The molecule has 0 aromatic heterocycles. The number of carbonyl (C=O) groups is 1. The molecule has 1 amide bonds. The average molecular weight is 415 g/mol. The Morgan fingerprint density at radius 1 is 1.22 bits per heavy atom. The summed E-state index contributed by atoms with van der Waals surface area (Å²) in [7, 11) is -3.88. The van der Waals surface area contributed by atoms with E-state index in [1.807, 2.05) is 0 Å². The van der Waals surface area contributed by atoms with Gasteiger partial charge in [0.25, 0.3) is 5.91 Å².